The summed E-state index contributed by atoms with van der Waals surface area (Å²) in [6.45, 7) is 5.37. The maximum atomic E-state index is 12.0. The molecule has 1 aliphatic carbocycles. The van der Waals surface area contributed by atoms with Crippen LogP contribution in [-0.4, -0.2) is 46.1 Å². The zero-order chi connectivity index (χ0) is 26.3. The van der Waals surface area contributed by atoms with Crippen molar-refractivity contribution in [2.24, 2.45) is 11.7 Å². The Morgan fingerprint density at radius 2 is 1.83 bits per heavy atom. The molecule has 1 fully saturated rings. The number of pyridine rings is 1. The number of carboxylic acid groups (broad SMARTS) is 1. The first-order valence-electron chi connectivity index (χ1n) is 12.1. The number of likely N-dealkylation sites (tertiary alicyclic amines) is 1. The molecule has 2 aromatic rings. The van der Waals surface area contributed by atoms with Gasteiger partial charge in [-0.05, 0) is 91.9 Å². The molecule has 2 heterocycles. The number of hydrogen-bond acceptors (Lipinski definition) is 4. The van der Waals surface area contributed by atoms with Gasteiger partial charge in [0.25, 0.3) is 0 Å². The summed E-state index contributed by atoms with van der Waals surface area (Å²) in [5.41, 5.74) is 11.2. The second kappa shape index (κ2) is 12.2. The smallest absolute Gasteiger partial charge is 0.475 e. The molecule has 0 radical (unpaired) electrons. The molecule has 6 nitrogen and oxygen atoms in total. The molecule has 0 bridgehead atoms. The maximum absolute atomic E-state index is 12.0. The standard InChI is InChI=1S/C25H31N3O.C2HF3O2/c1-18-5-7-20(8-6-18)24-16-21(9-10-23(24)25(26)29)19-11-14-28(15-12-19)17-22-4-2-3-13-27-22;3-2(4,5)1(6)7/h2-4,7,9-10,13,16,18-19H,5-6,8,11-12,14-15,17H2,1H3,(H2,26,29);(H,6,7). The summed E-state index contributed by atoms with van der Waals surface area (Å²) in [4.78, 5) is 27.9. The summed E-state index contributed by atoms with van der Waals surface area (Å²) in [7, 11) is 0. The average Bonchev–Trinajstić information content (AvgIpc) is 2.85. The summed E-state index contributed by atoms with van der Waals surface area (Å²) < 4.78 is 31.7. The molecule has 36 heavy (non-hydrogen) atoms. The van der Waals surface area contributed by atoms with Crippen LogP contribution >= 0.6 is 0 Å². The Bertz CT molecular complexity index is 1080. The fraction of sp³-hybridized carbons (Fsp3) is 0.444. The van der Waals surface area contributed by atoms with Crippen LogP contribution in [0.15, 0.2) is 48.7 Å². The van der Waals surface area contributed by atoms with E-state index in [1.54, 1.807) is 0 Å². The minimum Gasteiger partial charge on any atom is -0.475 e. The highest BCUT2D eigenvalue weighted by Crippen LogP contribution is 2.35. The molecular formula is C27H32F3N3O3. The zero-order valence-electron chi connectivity index (χ0n) is 20.3. The van der Waals surface area contributed by atoms with Crippen molar-refractivity contribution in [1.29, 1.82) is 0 Å². The van der Waals surface area contributed by atoms with E-state index in [1.807, 2.05) is 18.3 Å². The summed E-state index contributed by atoms with van der Waals surface area (Å²) in [6.07, 6.45) is 4.67. The number of amides is 1. The number of nitrogens with two attached hydrogens (primary N) is 1. The van der Waals surface area contributed by atoms with E-state index in [1.165, 1.54) is 17.6 Å². The van der Waals surface area contributed by atoms with Gasteiger partial charge in [0.05, 0.1) is 5.69 Å². The van der Waals surface area contributed by atoms with E-state index in [4.69, 9.17) is 15.6 Å². The number of carboxylic acids is 1. The number of alkyl halides is 3. The third-order valence-electron chi connectivity index (χ3n) is 6.74. The van der Waals surface area contributed by atoms with Crippen molar-refractivity contribution in [3.63, 3.8) is 0 Å². The number of benzene rings is 1. The topological polar surface area (TPSA) is 96.5 Å². The van der Waals surface area contributed by atoms with Gasteiger partial charge in [-0.3, -0.25) is 14.7 Å². The number of aromatic nitrogens is 1. The molecule has 1 atom stereocenters. The highest BCUT2D eigenvalue weighted by atomic mass is 19.4. The first kappa shape index (κ1) is 27.4. The summed E-state index contributed by atoms with van der Waals surface area (Å²) >= 11 is 0. The van der Waals surface area contributed by atoms with Crippen molar-refractivity contribution in [3.8, 4) is 0 Å². The van der Waals surface area contributed by atoms with E-state index in [9.17, 15) is 18.0 Å². The van der Waals surface area contributed by atoms with E-state index < -0.39 is 12.1 Å². The van der Waals surface area contributed by atoms with Crippen LogP contribution in [0.3, 0.4) is 0 Å². The third kappa shape index (κ3) is 7.65. The first-order chi connectivity index (χ1) is 17.0. The van der Waals surface area contributed by atoms with Crippen LogP contribution in [0.25, 0.3) is 5.57 Å². The molecule has 1 saturated heterocycles. The van der Waals surface area contributed by atoms with Gasteiger partial charge in [-0.25, -0.2) is 4.79 Å². The van der Waals surface area contributed by atoms with Crippen LogP contribution in [-0.2, 0) is 11.3 Å². The van der Waals surface area contributed by atoms with E-state index >= 15 is 0 Å². The van der Waals surface area contributed by atoms with Gasteiger partial charge in [-0.15, -0.1) is 0 Å². The molecule has 3 N–H and O–H groups in total. The van der Waals surface area contributed by atoms with Crippen LogP contribution in [0.1, 0.15) is 72.1 Å². The van der Waals surface area contributed by atoms with Gasteiger partial charge in [0.2, 0.25) is 5.91 Å². The highest BCUT2D eigenvalue weighted by Gasteiger charge is 2.38. The van der Waals surface area contributed by atoms with Crippen molar-refractivity contribution in [1.82, 2.24) is 9.88 Å². The minimum atomic E-state index is -5.08. The van der Waals surface area contributed by atoms with E-state index in [0.717, 1.165) is 62.5 Å². The first-order valence-corrected chi connectivity index (χ1v) is 12.1. The lowest BCUT2D eigenvalue weighted by atomic mass is 9.82. The Morgan fingerprint density at radius 1 is 1.14 bits per heavy atom. The molecule has 0 spiro atoms. The summed E-state index contributed by atoms with van der Waals surface area (Å²) in [6, 6.07) is 12.4. The number of carbonyl (C=O) groups is 2. The van der Waals surface area contributed by atoms with Crippen LogP contribution in [0.4, 0.5) is 13.2 Å². The molecule has 1 amide bonds. The molecule has 1 aromatic carbocycles. The molecule has 4 rings (SSSR count). The molecule has 1 unspecified atom stereocenters. The predicted molar refractivity (Wildman–Crippen MR) is 131 cm³/mol. The van der Waals surface area contributed by atoms with Gasteiger partial charge >= 0.3 is 12.1 Å². The quantitative estimate of drug-likeness (QED) is 0.570. The van der Waals surface area contributed by atoms with Gasteiger partial charge in [-0.2, -0.15) is 13.2 Å². The van der Waals surface area contributed by atoms with Gasteiger partial charge in [0, 0.05) is 18.3 Å². The number of piperidine rings is 1. The molecule has 0 saturated carbocycles. The van der Waals surface area contributed by atoms with Crippen LogP contribution in [0, 0.1) is 5.92 Å². The SMILES string of the molecule is CC1CC=C(c2cc(C3CCN(Cc4ccccn4)CC3)ccc2C(N)=O)CC1.O=C(O)C(F)(F)F. The van der Waals surface area contributed by atoms with E-state index in [2.05, 4.69) is 47.1 Å². The molecule has 1 aromatic heterocycles. The molecule has 1 aliphatic heterocycles. The second-order valence-electron chi connectivity index (χ2n) is 9.45. The second-order valence-corrected chi connectivity index (χ2v) is 9.45. The van der Waals surface area contributed by atoms with Gasteiger partial charge in [0.1, 0.15) is 0 Å². The lowest BCUT2D eigenvalue weighted by Gasteiger charge is -2.32. The Morgan fingerprint density at radius 3 is 2.36 bits per heavy atom. The lowest BCUT2D eigenvalue weighted by molar-refractivity contribution is -0.192. The zero-order valence-corrected chi connectivity index (χ0v) is 20.3. The van der Waals surface area contributed by atoms with Gasteiger partial charge in [0.15, 0.2) is 0 Å². The van der Waals surface area contributed by atoms with Gasteiger partial charge in [-0.1, -0.05) is 31.2 Å². The van der Waals surface area contributed by atoms with E-state index in [0.29, 0.717) is 11.5 Å². The number of nitrogens with zero attached hydrogens (tertiary/aromatic N) is 2. The monoisotopic (exact) mass is 503 g/mol. The van der Waals surface area contributed by atoms with E-state index in [-0.39, 0.29) is 5.91 Å². The Hall–Kier alpha value is -3.20. The molecule has 9 heteroatoms. The number of rotatable bonds is 5. The van der Waals surface area contributed by atoms with Crippen molar-refractivity contribution in [3.05, 3.63) is 71.1 Å². The third-order valence-corrected chi connectivity index (χ3v) is 6.74. The number of primary amides is 1. The molecule has 194 valence electrons. The normalized spacial score (nSPS) is 19.1. The number of carbonyl (C=O) groups excluding carboxylic acids is 1. The summed E-state index contributed by atoms with van der Waals surface area (Å²) in [5.74, 6) is -1.81. The summed E-state index contributed by atoms with van der Waals surface area (Å²) in [5, 5.41) is 7.12. The van der Waals surface area contributed by atoms with Crippen LogP contribution in [0.2, 0.25) is 0 Å². The van der Waals surface area contributed by atoms with Crippen LogP contribution < -0.4 is 5.73 Å². The fourth-order valence-corrected chi connectivity index (χ4v) is 4.65. The fourth-order valence-electron chi connectivity index (χ4n) is 4.65. The number of aliphatic carboxylic acids is 1. The van der Waals surface area contributed by atoms with Crippen LogP contribution in [0.5, 0.6) is 0 Å². The minimum absolute atomic E-state index is 0.323. The van der Waals surface area contributed by atoms with Crippen molar-refractivity contribution in [2.45, 2.75) is 57.7 Å². The maximum Gasteiger partial charge on any atom is 0.490 e. The Labute approximate surface area is 209 Å². The average molecular weight is 504 g/mol. The number of halogens is 3. The Kier molecular flexibility index (Phi) is 9.25. The molecule has 2 aliphatic rings. The lowest BCUT2D eigenvalue weighted by Crippen LogP contribution is -2.32. The van der Waals surface area contributed by atoms with Crippen molar-refractivity contribution >= 4 is 17.4 Å². The largest absolute Gasteiger partial charge is 0.490 e. The highest BCUT2D eigenvalue weighted by molar-refractivity contribution is 5.98. The number of allylic oxidation sites excluding steroid dienone is 2. The number of hydrogen-bond donors (Lipinski definition) is 2. The van der Waals surface area contributed by atoms with Crippen molar-refractivity contribution in [2.75, 3.05) is 13.1 Å². The van der Waals surface area contributed by atoms with Gasteiger partial charge < -0.3 is 10.8 Å². The van der Waals surface area contributed by atoms with Crippen molar-refractivity contribution < 1.29 is 27.9 Å². The predicted octanol–water partition coefficient (Wildman–Crippen LogP) is 5.40. The Balaban J connectivity index is 0.000000454. The molecular weight excluding hydrogens is 471 g/mol.